The molecule has 1 aromatic heterocycles. The predicted molar refractivity (Wildman–Crippen MR) is 116 cm³/mol. The third-order valence-corrected chi connectivity index (χ3v) is 4.94. The molecule has 0 radical (unpaired) electrons. The van der Waals surface area contributed by atoms with Crippen molar-refractivity contribution in [1.82, 2.24) is 19.8 Å². The summed E-state index contributed by atoms with van der Waals surface area (Å²) in [4.78, 5) is 42.3. The van der Waals surface area contributed by atoms with Crippen LogP contribution in [0.2, 0.25) is 0 Å². The topological polar surface area (TPSA) is 93.5 Å². The number of nitrogens with zero attached hydrogens (tertiary/aromatic N) is 3. The van der Waals surface area contributed by atoms with Crippen LogP contribution in [0.4, 0.5) is 0 Å². The smallest absolute Gasteiger partial charge is 0.325 e. The monoisotopic (exact) mass is 416 g/mol. The number of imidazole rings is 1. The number of hydrogen-bond acceptors (Lipinski definition) is 6. The maximum absolute atomic E-state index is 12.7. The molecule has 1 N–H and O–H groups in total. The van der Waals surface area contributed by atoms with Gasteiger partial charge in [-0.2, -0.15) is 0 Å². The molecule has 0 fully saturated rings. The quantitative estimate of drug-likeness (QED) is 0.399. The van der Waals surface area contributed by atoms with Crippen molar-refractivity contribution in [3.05, 3.63) is 29.6 Å². The second kappa shape index (κ2) is 12.1. The Kier molecular flexibility index (Phi) is 9.47. The van der Waals surface area contributed by atoms with Crippen molar-refractivity contribution in [2.24, 2.45) is 0 Å². The Balaban J connectivity index is 2.20. The van der Waals surface area contributed by atoms with Gasteiger partial charge in [0, 0.05) is 12.1 Å². The highest BCUT2D eigenvalue weighted by Gasteiger charge is 2.19. The third kappa shape index (κ3) is 6.38. The number of carbonyl (C=O) groups excluding carboxylic acids is 3. The van der Waals surface area contributed by atoms with Gasteiger partial charge in [0.1, 0.15) is 12.8 Å². The summed E-state index contributed by atoms with van der Waals surface area (Å²) in [6.07, 6.45) is 3.93. The molecule has 0 aliphatic carbocycles. The van der Waals surface area contributed by atoms with Gasteiger partial charge in [-0.3, -0.25) is 14.4 Å². The number of hydrogen-bond donors (Lipinski definition) is 1. The molecule has 0 bridgehead atoms. The second-order valence-corrected chi connectivity index (χ2v) is 7.08. The van der Waals surface area contributed by atoms with Crippen molar-refractivity contribution in [1.29, 1.82) is 0 Å². The fourth-order valence-corrected chi connectivity index (χ4v) is 3.32. The van der Waals surface area contributed by atoms with E-state index in [9.17, 15) is 14.4 Å². The summed E-state index contributed by atoms with van der Waals surface area (Å²) >= 11 is 0. The minimum absolute atomic E-state index is 0.212. The van der Waals surface area contributed by atoms with Gasteiger partial charge in [-0.15, -0.1) is 0 Å². The van der Waals surface area contributed by atoms with Crippen LogP contribution < -0.4 is 5.32 Å². The number of amides is 1. The number of esters is 1. The first-order chi connectivity index (χ1) is 14.5. The molecule has 30 heavy (non-hydrogen) atoms. The number of aromatic nitrogens is 2. The summed E-state index contributed by atoms with van der Waals surface area (Å²) in [5.74, 6) is -0.703. The Morgan fingerprint density at radius 3 is 2.63 bits per heavy atom. The molecular weight excluding hydrogens is 384 g/mol. The highest BCUT2D eigenvalue weighted by Crippen LogP contribution is 2.18. The number of aryl methyl sites for hydroxylation is 1. The number of unbranched alkanes of at least 4 members (excludes halogenated alkanes) is 1. The van der Waals surface area contributed by atoms with Crippen molar-refractivity contribution < 1.29 is 19.1 Å². The first kappa shape index (κ1) is 23.5. The molecule has 0 aliphatic rings. The number of carbonyl (C=O) groups is 3. The predicted octanol–water partition coefficient (Wildman–Crippen LogP) is 2.65. The lowest BCUT2D eigenvalue weighted by Gasteiger charge is -2.20. The summed E-state index contributed by atoms with van der Waals surface area (Å²) in [5.41, 5.74) is 1.90. The van der Waals surface area contributed by atoms with Gasteiger partial charge in [0.15, 0.2) is 5.82 Å². The lowest BCUT2D eigenvalue weighted by Crippen LogP contribution is -2.33. The van der Waals surface area contributed by atoms with Crippen LogP contribution >= 0.6 is 0 Å². The van der Waals surface area contributed by atoms with E-state index in [1.807, 2.05) is 4.57 Å². The normalized spacial score (nSPS) is 11.1. The Labute approximate surface area is 177 Å². The zero-order valence-electron chi connectivity index (χ0n) is 18.1. The lowest BCUT2D eigenvalue weighted by atomic mass is 10.2. The van der Waals surface area contributed by atoms with Crippen molar-refractivity contribution in [3.63, 3.8) is 0 Å². The lowest BCUT2D eigenvalue weighted by molar-refractivity contribution is -0.141. The van der Waals surface area contributed by atoms with Crippen molar-refractivity contribution in [2.75, 3.05) is 32.8 Å². The maximum atomic E-state index is 12.7. The Hall–Kier alpha value is -2.74. The van der Waals surface area contributed by atoms with Crippen LogP contribution in [0.15, 0.2) is 18.2 Å². The van der Waals surface area contributed by atoms with E-state index in [0.717, 1.165) is 50.7 Å². The van der Waals surface area contributed by atoms with Crippen molar-refractivity contribution >= 4 is 29.2 Å². The first-order valence-electron chi connectivity index (χ1n) is 10.7. The summed E-state index contributed by atoms with van der Waals surface area (Å²) in [5, 5.41) is 2.57. The molecule has 1 amide bonds. The van der Waals surface area contributed by atoms with E-state index < -0.39 is 11.9 Å². The van der Waals surface area contributed by atoms with Crippen LogP contribution in [0.25, 0.3) is 11.0 Å². The number of nitrogens with one attached hydrogen (secondary N) is 1. The summed E-state index contributed by atoms with van der Waals surface area (Å²) in [6, 6.07) is 5.15. The fourth-order valence-electron chi connectivity index (χ4n) is 3.32. The molecule has 0 unspecified atom stereocenters. The molecule has 0 aliphatic heterocycles. The zero-order chi connectivity index (χ0) is 21.9. The van der Waals surface area contributed by atoms with E-state index in [-0.39, 0.29) is 19.0 Å². The number of fused-ring (bicyclic) bond motifs is 1. The van der Waals surface area contributed by atoms with Gasteiger partial charge in [0.2, 0.25) is 0 Å². The van der Waals surface area contributed by atoms with Gasteiger partial charge >= 0.3 is 5.97 Å². The molecule has 1 aromatic carbocycles. The molecule has 0 spiro atoms. The first-order valence-corrected chi connectivity index (χ1v) is 10.7. The zero-order valence-corrected chi connectivity index (χ0v) is 18.1. The molecule has 8 heteroatoms. The SMILES string of the molecule is CCCCN(CC)CCCn1c(C(=O)NCC(=O)OCC)nc2ccc(C=O)cc21. The number of benzene rings is 1. The van der Waals surface area contributed by atoms with E-state index >= 15 is 0 Å². The molecule has 8 nitrogen and oxygen atoms in total. The van der Waals surface area contributed by atoms with Gasteiger partial charge < -0.3 is 19.5 Å². The van der Waals surface area contributed by atoms with Crippen LogP contribution in [0.1, 0.15) is 61.0 Å². The third-order valence-electron chi connectivity index (χ3n) is 4.94. The highest BCUT2D eigenvalue weighted by atomic mass is 16.5. The second-order valence-electron chi connectivity index (χ2n) is 7.08. The Bertz CT molecular complexity index is 862. The van der Waals surface area contributed by atoms with Crippen molar-refractivity contribution in [2.45, 2.75) is 46.6 Å². The molecule has 0 atom stereocenters. The maximum Gasteiger partial charge on any atom is 0.325 e. The Morgan fingerprint density at radius 2 is 1.97 bits per heavy atom. The van der Waals surface area contributed by atoms with Crippen LogP contribution in [0, 0.1) is 0 Å². The average molecular weight is 417 g/mol. The van der Waals surface area contributed by atoms with Crippen LogP contribution in [-0.2, 0) is 16.1 Å². The molecule has 1 heterocycles. The van der Waals surface area contributed by atoms with E-state index in [1.54, 1.807) is 25.1 Å². The van der Waals surface area contributed by atoms with E-state index in [2.05, 4.69) is 29.0 Å². The van der Waals surface area contributed by atoms with Crippen LogP contribution in [0.5, 0.6) is 0 Å². The molecule has 0 saturated heterocycles. The van der Waals surface area contributed by atoms with E-state index in [0.29, 0.717) is 17.6 Å². The van der Waals surface area contributed by atoms with Gasteiger partial charge in [-0.05, 0) is 57.6 Å². The van der Waals surface area contributed by atoms with Crippen LogP contribution in [0.3, 0.4) is 0 Å². The average Bonchev–Trinajstić information content (AvgIpc) is 3.12. The minimum Gasteiger partial charge on any atom is -0.465 e. The number of rotatable bonds is 13. The van der Waals surface area contributed by atoms with Crippen molar-refractivity contribution in [3.8, 4) is 0 Å². The molecule has 2 rings (SSSR count). The Morgan fingerprint density at radius 1 is 1.20 bits per heavy atom. The molecule has 164 valence electrons. The van der Waals surface area contributed by atoms with Gasteiger partial charge in [-0.25, -0.2) is 4.98 Å². The fraction of sp³-hybridized carbons (Fsp3) is 0.545. The van der Waals surface area contributed by atoms with Crippen LogP contribution in [-0.4, -0.2) is 65.4 Å². The largest absolute Gasteiger partial charge is 0.465 e. The molecule has 2 aromatic rings. The van der Waals surface area contributed by atoms with Gasteiger partial charge in [0.25, 0.3) is 5.91 Å². The molecule has 0 saturated carbocycles. The number of aldehydes is 1. The van der Waals surface area contributed by atoms with Gasteiger partial charge in [-0.1, -0.05) is 20.3 Å². The summed E-state index contributed by atoms with van der Waals surface area (Å²) < 4.78 is 6.69. The minimum atomic E-state index is -0.494. The van der Waals surface area contributed by atoms with Gasteiger partial charge in [0.05, 0.1) is 17.6 Å². The van der Waals surface area contributed by atoms with E-state index in [4.69, 9.17) is 4.74 Å². The number of ether oxygens (including phenoxy) is 1. The molecular formula is C22H32N4O4. The highest BCUT2D eigenvalue weighted by molar-refractivity contribution is 5.97. The summed E-state index contributed by atoms with van der Waals surface area (Å²) in [7, 11) is 0. The standard InChI is InChI=1S/C22H32N4O4/c1-4-7-11-25(5-2)12-8-13-26-19-14-17(16-27)9-10-18(19)24-21(26)22(29)23-15-20(28)30-6-3/h9-10,14,16H,4-8,11-13,15H2,1-3H3,(H,23,29). The summed E-state index contributed by atoms with van der Waals surface area (Å²) in [6.45, 7) is 9.61. The van der Waals surface area contributed by atoms with E-state index in [1.165, 1.54) is 0 Å².